The van der Waals surface area contributed by atoms with E-state index in [1.54, 1.807) is 13.0 Å². The molecule has 0 aliphatic heterocycles. The molecular weight excluding hydrogens is 293 g/mol. The topological polar surface area (TPSA) is 78.2 Å². The average molecular weight is 300 g/mol. The van der Waals surface area contributed by atoms with Crippen LogP contribution in [0.3, 0.4) is 0 Å². The van der Waals surface area contributed by atoms with E-state index in [9.17, 15) is 10.1 Å². The summed E-state index contributed by atoms with van der Waals surface area (Å²) >= 11 is 11.5. The Labute approximate surface area is 118 Å². The Hall–Kier alpha value is -1.92. The molecular formula is C11H7Cl2N3O3. The second-order valence-corrected chi connectivity index (χ2v) is 4.40. The number of aromatic nitrogens is 2. The van der Waals surface area contributed by atoms with Gasteiger partial charge in [0.2, 0.25) is 5.75 Å². The Morgan fingerprint density at radius 3 is 2.63 bits per heavy atom. The van der Waals surface area contributed by atoms with Crippen molar-refractivity contribution in [1.82, 2.24) is 10.2 Å². The van der Waals surface area contributed by atoms with E-state index in [2.05, 4.69) is 10.2 Å². The molecule has 0 saturated heterocycles. The molecule has 0 aliphatic carbocycles. The van der Waals surface area contributed by atoms with E-state index in [1.807, 2.05) is 0 Å². The molecule has 6 nitrogen and oxygen atoms in total. The molecule has 98 valence electrons. The minimum absolute atomic E-state index is 0.0276. The van der Waals surface area contributed by atoms with Crippen molar-refractivity contribution in [2.45, 2.75) is 6.92 Å². The highest BCUT2D eigenvalue weighted by molar-refractivity contribution is 6.32. The Morgan fingerprint density at radius 2 is 1.95 bits per heavy atom. The fourth-order valence-electron chi connectivity index (χ4n) is 1.38. The lowest BCUT2D eigenvalue weighted by Gasteiger charge is -2.07. The predicted octanol–water partition coefficient (Wildman–Crippen LogP) is 3.79. The maximum Gasteiger partial charge on any atom is 0.311 e. The number of nitro groups is 1. The van der Waals surface area contributed by atoms with Gasteiger partial charge < -0.3 is 4.74 Å². The first-order valence-corrected chi connectivity index (χ1v) is 5.84. The first-order chi connectivity index (χ1) is 8.97. The summed E-state index contributed by atoms with van der Waals surface area (Å²) in [6, 6.07) is 5.84. The van der Waals surface area contributed by atoms with E-state index in [0.29, 0.717) is 0 Å². The maximum atomic E-state index is 10.9. The highest BCUT2D eigenvalue weighted by Crippen LogP contribution is 2.35. The van der Waals surface area contributed by atoms with Gasteiger partial charge in [-0.25, -0.2) is 0 Å². The van der Waals surface area contributed by atoms with Crippen molar-refractivity contribution in [3.8, 4) is 11.5 Å². The molecule has 1 aromatic carbocycles. The summed E-state index contributed by atoms with van der Waals surface area (Å²) in [7, 11) is 0. The number of nitro benzene ring substituents is 1. The van der Waals surface area contributed by atoms with Crippen molar-refractivity contribution in [2.75, 3.05) is 0 Å². The average Bonchev–Trinajstić information content (AvgIpc) is 2.33. The molecule has 2 rings (SSSR count). The molecule has 1 aromatic heterocycles. The van der Waals surface area contributed by atoms with E-state index >= 15 is 0 Å². The van der Waals surface area contributed by atoms with Crippen LogP contribution >= 0.6 is 23.2 Å². The number of nitrogens with zero attached hydrogens (tertiary/aromatic N) is 3. The van der Waals surface area contributed by atoms with Crippen molar-refractivity contribution in [2.24, 2.45) is 0 Å². The molecule has 0 fully saturated rings. The summed E-state index contributed by atoms with van der Waals surface area (Å²) in [5.41, 5.74) is 0.638. The summed E-state index contributed by atoms with van der Waals surface area (Å²) in [5.74, 6) is 0.173. The number of ether oxygens (including phenoxy) is 1. The van der Waals surface area contributed by atoms with Gasteiger partial charge in [-0.05, 0) is 18.6 Å². The third kappa shape index (κ3) is 3.10. The molecule has 1 heterocycles. The van der Waals surface area contributed by atoms with Crippen LogP contribution in [0.2, 0.25) is 10.3 Å². The van der Waals surface area contributed by atoms with Gasteiger partial charge in [0, 0.05) is 12.1 Å². The first kappa shape index (κ1) is 13.5. The highest BCUT2D eigenvalue weighted by atomic mass is 35.5. The van der Waals surface area contributed by atoms with E-state index in [0.717, 1.165) is 5.56 Å². The van der Waals surface area contributed by atoms with Crippen molar-refractivity contribution in [3.05, 3.63) is 50.2 Å². The van der Waals surface area contributed by atoms with E-state index in [-0.39, 0.29) is 27.5 Å². The maximum absolute atomic E-state index is 10.9. The lowest BCUT2D eigenvalue weighted by Crippen LogP contribution is -1.96. The summed E-state index contributed by atoms with van der Waals surface area (Å²) in [6.07, 6.45) is 0. The van der Waals surface area contributed by atoms with Crippen molar-refractivity contribution in [1.29, 1.82) is 0 Å². The van der Waals surface area contributed by atoms with Crippen LogP contribution in [-0.2, 0) is 0 Å². The molecule has 0 N–H and O–H groups in total. The Bertz CT molecular complexity index is 649. The molecule has 0 aliphatic rings. The number of benzene rings is 1. The SMILES string of the molecule is Cc1ccc([N+](=O)[O-])c(Oc2cc(Cl)nnc2Cl)c1. The normalized spacial score (nSPS) is 10.3. The second kappa shape index (κ2) is 5.38. The van der Waals surface area contributed by atoms with Gasteiger partial charge in [0.1, 0.15) is 0 Å². The second-order valence-electron chi connectivity index (χ2n) is 3.65. The number of rotatable bonds is 3. The van der Waals surface area contributed by atoms with Gasteiger partial charge in [0.15, 0.2) is 16.1 Å². The molecule has 0 bridgehead atoms. The molecule has 0 spiro atoms. The Balaban J connectivity index is 2.45. The van der Waals surface area contributed by atoms with Crippen LogP contribution in [0.1, 0.15) is 5.56 Å². The fourth-order valence-corrected chi connectivity index (χ4v) is 1.65. The van der Waals surface area contributed by atoms with Crippen LogP contribution in [0.15, 0.2) is 24.3 Å². The van der Waals surface area contributed by atoms with Crippen LogP contribution in [0.5, 0.6) is 11.5 Å². The highest BCUT2D eigenvalue weighted by Gasteiger charge is 2.17. The van der Waals surface area contributed by atoms with Gasteiger partial charge in [0.05, 0.1) is 4.92 Å². The van der Waals surface area contributed by atoms with Crippen LogP contribution in [0, 0.1) is 17.0 Å². The molecule has 0 radical (unpaired) electrons. The van der Waals surface area contributed by atoms with Crippen LogP contribution in [0.4, 0.5) is 5.69 Å². The molecule has 0 atom stereocenters. The van der Waals surface area contributed by atoms with Gasteiger partial charge in [-0.1, -0.05) is 29.3 Å². The molecule has 19 heavy (non-hydrogen) atoms. The van der Waals surface area contributed by atoms with Gasteiger partial charge in [0.25, 0.3) is 0 Å². The molecule has 0 saturated carbocycles. The van der Waals surface area contributed by atoms with E-state index in [4.69, 9.17) is 27.9 Å². The van der Waals surface area contributed by atoms with Crippen LogP contribution < -0.4 is 4.74 Å². The Morgan fingerprint density at radius 1 is 1.21 bits per heavy atom. The molecule has 0 unspecified atom stereocenters. The smallest absolute Gasteiger partial charge is 0.311 e. The summed E-state index contributed by atoms with van der Waals surface area (Å²) < 4.78 is 5.40. The lowest BCUT2D eigenvalue weighted by molar-refractivity contribution is -0.385. The van der Waals surface area contributed by atoms with Gasteiger partial charge in [-0.3, -0.25) is 10.1 Å². The summed E-state index contributed by atoms with van der Waals surface area (Å²) in [4.78, 5) is 10.4. The van der Waals surface area contributed by atoms with Gasteiger partial charge in [-0.15, -0.1) is 10.2 Å². The third-order valence-corrected chi connectivity index (χ3v) is 2.67. The largest absolute Gasteiger partial charge is 0.447 e. The van der Waals surface area contributed by atoms with Gasteiger partial charge >= 0.3 is 5.69 Å². The fraction of sp³-hybridized carbons (Fsp3) is 0.0909. The number of hydrogen-bond donors (Lipinski definition) is 0. The van der Waals surface area contributed by atoms with E-state index in [1.165, 1.54) is 18.2 Å². The van der Waals surface area contributed by atoms with Crippen LogP contribution in [0.25, 0.3) is 0 Å². The lowest BCUT2D eigenvalue weighted by atomic mass is 10.2. The number of aryl methyl sites for hydroxylation is 1. The number of halogens is 2. The monoisotopic (exact) mass is 299 g/mol. The Kier molecular flexibility index (Phi) is 3.82. The van der Waals surface area contributed by atoms with Crippen LogP contribution in [-0.4, -0.2) is 15.1 Å². The van der Waals surface area contributed by atoms with Crippen molar-refractivity contribution in [3.63, 3.8) is 0 Å². The first-order valence-electron chi connectivity index (χ1n) is 5.09. The zero-order valence-electron chi connectivity index (χ0n) is 9.63. The predicted molar refractivity (Wildman–Crippen MR) is 70.0 cm³/mol. The quantitative estimate of drug-likeness (QED) is 0.636. The zero-order valence-corrected chi connectivity index (χ0v) is 11.1. The van der Waals surface area contributed by atoms with E-state index < -0.39 is 4.92 Å². The van der Waals surface area contributed by atoms with Crippen molar-refractivity contribution >= 4 is 28.9 Å². The standard InChI is InChI=1S/C11H7Cl2N3O3/c1-6-2-3-7(16(17)18)8(4-6)19-9-5-10(12)14-15-11(9)13/h2-5H,1H3. The minimum Gasteiger partial charge on any atom is -0.447 e. The number of hydrogen-bond acceptors (Lipinski definition) is 5. The minimum atomic E-state index is -0.543. The summed E-state index contributed by atoms with van der Waals surface area (Å²) in [6.45, 7) is 1.79. The summed E-state index contributed by atoms with van der Waals surface area (Å²) in [5, 5.41) is 18.1. The third-order valence-electron chi connectivity index (χ3n) is 2.22. The molecule has 2 aromatic rings. The van der Waals surface area contributed by atoms with Crippen molar-refractivity contribution < 1.29 is 9.66 Å². The zero-order chi connectivity index (χ0) is 14.0. The van der Waals surface area contributed by atoms with Gasteiger partial charge in [-0.2, -0.15) is 0 Å². The molecule has 0 amide bonds. The molecule has 8 heteroatoms.